The lowest BCUT2D eigenvalue weighted by atomic mass is 9.99. The van der Waals surface area contributed by atoms with Gasteiger partial charge in [0.2, 0.25) is 0 Å². The quantitative estimate of drug-likeness (QED) is 0.928. The first-order valence-corrected chi connectivity index (χ1v) is 7.32. The number of nitrogens with zero attached hydrogens (tertiary/aromatic N) is 1. The Morgan fingerprint density at radius 1 is 1.45 bits per heavy atom. The first kappa shape index (κ1) is 15.4. The van der Waals surface area contributed by atoms with Gasteiger partial charge in [-0.1, -0.05) is 23.2 Å². The molecule has 1 aromatic rings. The van der Waals surface area contributed by atoms with Crippen LogP contribution in [0.15, 0.2) is 18.2 Å². The summed E-state index contributed by atoms with van der Waals surface area (Å²) >= 11 is 11.8. The Hall–Kier alpha value is -0.970. The molecule has 1 N–H and O–H groups in total. The summed E-state index contributed by atoms with van der Waals surface area (Å²) in [5.41, 5.74) is 0. The zero-order chi connectivity index (χ0) is 14.5. The van der Waals surface area contributed by atoms with E-state index in [1.165, 1.54) is 0 Å². The lowest BCUT2D eigenvalue weighted by Gasteiger charge is -2.31. The largest absolute Gasteiger partial charge is 0.482 e. The smallest absolute Gasteiger partial charge is 0.260 e. The van der Waals surface area contributed by atoms with Gasteiger partial charge in [-0.3, -0.25) is 4.79 Å². The molecule has 0 bridgehead atoms. The summed E-state index contributed by atoms with van der Waals surface area (Å²) in [7, 11) is 0. The van der Waals surface area contributed by atoms with E-state index in [1.807, 2.05) is 0 Å². The minimum atomic E-state index is -0.0980. The zero-order valence-corrected chi connectivity index (χ0v) is 12.5. The number of likely N-dealkylation sites (tertiary alicyclic amines) is 1. The van der Waals surface area contributed by atoms with Crippen molar-refractivity contribution in [1.29, 1.82) is 0 Å². The average Bonchev–Trinajstić information content (AvgIpc) is 2.48. The first-order chi connectivity index (χ1) is 9.60. The van der Waals surface area contributed by atoms with Gasteiger partial charge in [-0.05, 0) is 30.9 Å². The number of benzene rings is 1. The molecule has 0 aromatic heterocycles. The molecule has 0 aliphatic carbocycles. The van der Waals surface area contributed by atoms with Crippen LogP contribution in [0.2, 0.25) is 10.0 Å². The number of rotatable bonds is 4. The minimum absolute atomic E-state index is 0.0712. The number of carbonyl (C=O) groups excluding carboxylic acids is 1. The van der Waals surface area contributed by atoms with Gasteiger partial charge in [0.15, 0.2) is 6.61 Å². The van der Waals surface area contributed by atoms with Crippen LogP contribution in [-0.2, 0) is 4.79 Å². The van der Waals surface area contributed by atoms with Gasteiger partial charge >= 0.3 is 0 Å². The lowest BCUT2D eigenvalue weighted by Crippen LogP contribution is -2.43. The number of ether oxygens (including phenoxy) is 1. The lowest BCUT2D eigenvalue weighted by molar-refractivity contribution is -0.135. The minimum Gasteiger partial charge on any atom is -0.482 e. The van der Waals surface area contributed by atoms with Crippen LogP contribution < -0.4 is 4.74 Å². The molecule has 1 atom stereocenters. The van der Waals surface area contributed by atoms with Crippen molar-refractivity contribution in [2.24, 2.45) is 5.92 Å². The van der Waals surface area contributed by atoms with Crippen LogP contribution >= 0.6 is 23.2 Å². The Morgan fingerprint density at radius 2 is 2.25 bits per heavy atom. The van der Waals surface area contributed by atoms with Crippen molar-refractivity contribution in [3.05, 3.63) is 28.2 Å². The molecule has 0 saturated carbocycles. The third-order valence-corrected chi connectivity index (χ3v) is 3.92. The molecule has 110 valence electrons. The van der Waals surface area contributed by atoms with Gasteiger partial charge in [-0.25, -0.2) is 0 Å². The molecule has 4 nitrogen and oxygen atoms in total. The molecule has 1 aromatic carbocycles. The summed E-state index contributed by atoms with van der Waals surface area (Å²) < 4.78 is 5.43. The molecule has 0 spiro atoms. The third-order valence-electron chi connectivity index (χ3n) is 3.37. The van der Waals surface area contributed by atoms with E-state index < -0.39 is 0 Å². The topological polar surface area (TPSA) is 49.8 Å². The van der Waals surface area contributed by atoms with Gasteiger partial charge in [-0.2, -0.15) is 0 Å². The molecule has 2 rings (SSSR count). The van der Waals surface area contributed by atoms with Gasteiger partial charge in [0, 0.05) is 30.8 Å². The Morgan fingerprint density at radius 3 is 3.00 bits per heavy atom. The zero-order valence-electron chi connectivity index (χ0n) is 11.0. The summed E-state index contributed by atoms with van der Waals surface area (Å²) in [5.74, 6) is 0.477. The SMILES string of the molecule is O=C(COc1cc(Cl)ccc1Cl)N1CCCC(CO)C1. The highest BCUT2D eigenvalue weighted by atomic mass is 35.5. The summed E-state index contributed by atoms with van der Waals surface area (Å²) in [6.07, 6.45) is 1.87. The second-order valence-electron chi connectivity index (χ2n) is 4.89. The molecule has 1 aliphatic heterocycles. The monoisotopic (exact) mass is 317 g/mol. The van der Waals surface area contributed by atoms with Crippen LogP contribution in [0.5, 0.6) is 5.75 Å². The molecule has 1 unspecified atom stereocenters. The Kier molecular flexibility index (Phi) is 5.52. The number of piperidine rings is 1. The van der Waals surface area contributed by atoms with Crippen molar-refractivity contribution in [1.82, 2.24) is 4.90 Å². The van der Waals surface area contributed by atoms with E-state index in [4.69, 9.17) is 33.0 Å². The van der Waals surface area contributed by atoms with Crippen LogP contribution in [0, 0.1) is 5.92 Å². The highest BCUT2D eigenvalue weighted by Gasteiger charge is 2.23. The number of aliphatic hydroxyl groups excluding tert-OH is 1. The van der Waals surface area contributed by atoms with Crippen molar-refractivity contribution in [2.45, 2.75) is 12.8 Å². The molecule has 1 saturated heterocycles. The molecular formula is C14H17Cl2NO3. The Balaban J connectivity index is 1.90. The molecule has 1 amide bonds. The van der Waals surface area contributed by atoms with Crippen LogP contribution in [0.3, 0.4) is 0 Å². The number of hydrogen-bond donors (Lipinski definition) is 1. The fourth-order valence-corrected chi connectivity index (χ4v) is 2.59. The highest BCUT2D eigenvalue weighted by molar-refractivity contribution is 6.34. The molecule has 0 radical (unpaired) electrons. The van der Waals surface area contributed by atoms with Crippen LogP contribution in [0.1, 0.15) is 12.8 Å². The Bertz CT molecular complexity index is 481. The molecule has 20 heavy (non-hydrogen) atoms. The highest BCUT2D eigenvalue weighted by Crippen LogP contribution is 2.27. The number of amides is 1. The van der Waals surface area contributed by atoms with Gasteiger partial charge in [0.05, 0.1) is 5.02 Å². The summed E-state index contributed by atoms with van der Waals surface area (Å²) in [6.45, 7) is 1.34. The summed E-state index contributed by atoms with van der Waals surface area (Å²) in [5, 5.41) is 10.1. The maximum atomic E-state index is 12.1. The first-order valence-electron chi connectivity index (χ1n) is 6.56. The molecule has 1 heterocycles. The standard InChI is InChI=1S/C14H17Cl2NO3/c15-11-3-4-12(16)13(6-11)20-9-14(19)17-5-1-2-10(7-17)8-18/h3-4,6,10,18H,1-2,5,7-9H2. The van der Waals surface area contributed by atoms with E-state index >= 15 is 0 Å². The Labute approximate surface area is 128 Å². The number of aliphatic hydroxyl groups is 1. The molecule has 1 fully saturated rings. The fraction of sp³-hybridized carbons (Fsp3) is 0.500. The predicted molar refractivity (Wildman–Crippen MR) is 78.3 cm³/mol. The van der Waals surface area contributed by atoms with Gasteiger partial charge < -0.3 is 14.7 Å². The second kappa shape index (κ2) is 7.16. The summed E-state index contributed by atoms with van der Waals surface area (Å²) in [6, 6.07) is 4.88. The van der Waals surface area contributed by atoms with Crippen molar-refractivity contribution in [2.75, 3.05) is 26.3 Å². The average molecular weight is 318 g/mol. The second-order valence-corrected chi connectivity index (χ2v) is 5.74. The normalized spacial score (nSPS) is 18.9. The van der Waals surface area contributed by atoms with Gasteiger partial charge in [0.1, 0.15) is 5.75 Å². The van der Waals surface area contributed by atoms with E-state index in [2.05, 4.69) is 0 Å². The maximum Gasteiger partial charge on any atom is 0.260 e. The van der Waals surface area contributed by atoms with Crippen molar-refractivity contribution >= 4 is 29.1 Å². The van der Waals surface area contributed by atoms with Crippen molar-refractivity contribution < 1.29 is 14.6 Å². The van der Waals surface area contributed by atoms with Crippen molar-refractivity contribution in [3.8, 4) is 5.75 Å². The van der Waals surface area contributed by atoms with Crippen molar-refractivity contribution in [3.63, 3.8) is 0 Å². The maximum absolute atomic E-state index is 12.1. The van der Waals surface area contributed by atoms with E-state index in [1.54, 1.807) is 23.1 Å². The fourth-order valence-electron chi connectivity index (χ4n) is 2.26. The van der Waals surface area contributed by atoms with E-state index in [-0.39, 0.29) is 25.0 Å². The van der Waals surface area contributed by atoms with E-state index in [9.17, 15) is 4.79 Å². The van der Waals surface area contributed by atoms with E-state index in [0.29, 0.717) is 28.9 Å². The summed E-state index contributed by atoms with van der Waals surface area (Å²) in [4.78, 5) is 13.8. The molecule has 6 heteroatoms. The van der Waals surface area contributed by atoms with Gasteiger partial charge in [0.25, 0.3) is 5.91 Å². The van der Waals surface area contributed by atoms with Crippen LogP contribution in [0.25, 0.3) is 0 Å². The molecular weight excluding hydrogens is 301 g/mol. The number of hydrogen-bond acceptors (Lipinski definition) is 3. The van der Waals surface area contributed by atoms with Crippen LogP contribution in [0.4, 0.5) is 0 Å². The molecule has 1 aliphatic rings. The van der Waals surface area contributed by atoms with Crippen LogP contribution in [-0.4, -0.2) is 42.2 Å². The van der Waals surface area contributed by atoms with Gasteiger partial charge in [-0.15, -0.1) is 0 Å². The number of carbonyl (C=O) groups is 1. The number of halogens is 2. The third kappa shape index (κ3) is 4.01. The predicted octanol–water partition coefficient (Wildman–Crippen LogP) is 2.60. The van der Waals surface area contributed by atoms with E-state index in [0.717, 1.165) is 12.8 Å².